The van der Waals surface area contributed by atoms with Gasteiger partial charge in [0.1, 0.15) is 25.4 Å². The Morgan fingerprint density at radius 2 is 0.570 bits per heavy atom. The molecule has 5 atom stereocenters. The lowest BCUT2D eigenvalue weighted by atomic mass is 10.1. The second kappa shape index (κ2) is 67.4. The third kappa shape index (κ3) is 68.6. The monoisotopic (exact) mass is 1340 g/mol. The number of ether oxygens (including phenoxy) is 3. The van der Waals surface area contributed by atoms with Crippen LogP contribution < -0.4 is 0 Å². The van der Waals surface area contributed by atoms with Gasteiger partial charge in [-0.25, -0.2) is 9.13 Å². The third-order valence-electron chi connectivity index (χ3n) is 14.0. The number of aliphatic hydroxyl groups is 2. The molecule has 18 heteroatoms. The van der Waals surface area contributed by atoms with Crippen LogP contribution in [0.4, 0.5) is 0 Å². The predicted molar refractivity (Wildman–Crippen MR) is 380 cm³/mol. The van der Waals surface area contributed by atoms with Crippen LogP contribution in [0.5, 0.6) is 0 Å². The molecule has 0 rings (SSSR count). The highest BCUT2D eigenvalue weighted by Gasteiger charge is 2.29. The Morgan fingerprint density at radius 1 is 0.312 bits per heavy atom. The van der Waals surface area contributed by atoms with Crippen molar-refractivity contribution in [3.63, 3.8) is 0 Å². The van der Waals surface area contributed by atoms with Crippen LogP contribution in [0.3, 0.4) is 0 Å². The third-order valence-corrected chi connectivity index (χ3v) is 15.9. The minimum atomic E-state index is -4.94. The normalized spacial score (nSPS) is 15.0. The molecule has 0 aliphatic heterocycles. The molecular formula is C75H124O16P2. The van der Waals surface area contributed by atoms with E-state index in [4.69, 9.17) is 32.3 Å². The van der Waals surface area contributed by atoms with E-state index in [1.807, 2.05) is 0 Å². The largest absolute Gasteiger partial charge is 0.472 e. The number of hydrogen-bond acceptors (Lipinski definition) is 14. The lowest BCUT2D eigenvalue weighted by molar-refractivity contribution is -0.161. The standard InChI is InChI=1S/C75H124O16P2/c1-4-7-10-13-16-19-22-25-28-30-32-33-34-35-37-39-41-43-46-49-52-55-58-61-73(78)85-64-70(76)65-87-92(81,82)88-66-71(77)67-89-93(83,84)90-69-72(91-75(80)63-60-57-54-51-48-45-40-27-24-21-18-15-12-9-6-3)68-86-74(79)62-59-56-53-50-47-44-42-38-36-31-29-26-23-20-17-14-11-8-5-2/h7,9-10,12,16-21,25-29,32-33,35-38,40-41,43,70-72,76-77H,4-6,8,11,13-15,22-24,30-31,34,39,42,44-69H2,1-3H3,(H,81,82)(H,83,84)/b10-7-,12-9-,19-16-,20-17-,21-18-,28-25-,29-26-,33-32-,37-35-,38-36-,40-27-,43-41-. The van der Waals surface area contributed by atoms with Crippen molar-refractivity contribution < 1.29 is 75.8 Å². The van der Waals surface area contributed by atoms with Crippen LogP contribution >= 0.6 is 15.6 Å². The first-order valence-corrected chi connectivity index (χ1v) is 38.1. The van der Waals surface area contributed by atoms with E-state index in [9.17, 15) is 43.5 Å². The summed E-state index contributed by atoms with van der Waals surface area (Å²) >= 11 is 0. The highest BCUT2D eigenvalue weighted by Crippen LogP contribution is 2.45. The van der Waals surface area contributed by atoms with E-state index in [1.54, 1.807) is 0 Å². The second-order valence-electron chi connectivity index (χ2n) is 22.9. The molecule has 0 fully saturated rings. The van der Waals surface area contributed by atoms with Gasteiger partial charge in [0, 0.05) is 19.3 Å². The molecule has 0 amide bonds. The van der Waals surface area contributed by atoms with E-state index < -0.39 is 91.5 Å². The summed E-state index contributed by atoms with van der Waals surface area (Å²) < 4.78 is 60.9. The number of phosphoric ester groups is 2. The first-order valence-electron chi connectivity index (χ1n) is 35.1. The van der Waals surface area contributed by atoms with Gasteiger partial charge in [-0.05, 0) is 141 Å². The van der Waals surface area contributed by atoms with Gasteiger partial charge < -0.3 is 34.2 Å². The van der Waals surface area contributed by atoms with Gasteiger partial charge in [-0.2, -0.15) is 0 Å². The molecule has 16 nitrogen and oxygen atoms in total. The SMILES string of the molecule is CC/C=C\C/C=C\C/C=C\C/C=C\C/C=C\C/C=C\CCCCCCC(=O)OCC(O)COP(=O)(O)OCC(O)COP(=O)(O)OCC(COC(=O)CCCCCCCC/C=C\C/C=C\C/C=C\CCCCC)OC(=O)CCCCCCC/C=C\C/C=C\C/C=C\CC. The highest BCUT2D eigenvalue weighted by molar-refractivity contribution is 7.47. The maximum atomic E-state index is 12.9. The molecule has 0 radical (unpaired) electrons. The Bertz CT molecular complexity index is 2280. The number of rotatable bonds is 65. The summed E-state index contributed by atoms with van der Waals surface area (Å²) in [6.45, 7) is 2.33. The summed E-state index contributed by atoms with van der Waals surface area (Å²) in [7, 11) is -9.81. The van der Waals surface area contributed by atoms with Crippen molar-refractivity contribution in [2.75, 3.05) is 39.6 Å². The van der Waals surface area contributed by atoms with Crippen molar-refractivity contribution in [2.24, 2.45) is 0 Å². The van der Waals surface area contributed by atoms with Crippen molar-refractivity contribution in [3.8, 4) is 0 Å². The van der Waals surface area contributed by atoms with E-state index in [0.29, 0.717) is 19.3 Å². The van der Waals surface area contributed by atoms with Crippen LogP contribution in [0.25, 0.3) is 0 Å². The fourth-order valence-electron chi connectivity index (χ4n) is 8.71. The smallest absolute Gasteiger partial charge is 0.463 e. The molecular weight excluding hydrogens is 1220 g/mol. The zero-order valence-corrected chi connectivity index (χ0v) is 59.2. The van der Waals surface area contributed by atoms with Crippen LogP contribution in [-0.4, -0.2) is 95.9 Å². The predicted octanol–water partition coefficient (Wildman–Crippen LogP) is 19.8. The maximum Gasteiger partial charge on any atom is 0.472 e. The summed E-state index contributed by atoms with van der Waals surface area (Å²) in [5, 5.41) is 20.6. The van der Waals surface area contributed by atoms with E-state index in [1.165, 1.54) is 19.3 Å². The van der Waals surface area contributed by atoms with Crippen LogP contribution in [0.2, 0.25) is 0 Å². The van der Waals surface area contributed by atoms with Crippen molar-refractivity contribution >= 4 is 33.6 Å². The van der Waals surface area contributed by atoms with Crippen LogP contribution in [0, 0.1) is 0 Å². The first-order chi connectivity index (χ1) is 45.2. The maximum absolute atomic E-state index is 12.9. The zero-order chi connectivity index (χ0) is 68.1. The fourth-order valence-corrected chi connectivity index (χ4v) is 10.3. The molecule has 530 valence electrons. The molecule has 0 saturated heterocycles. The van der Waals surface area contributed by atoms with Gasteiger partial charge in [-0.3, -0.25) is 32.5 Å². The second-order valence-corrected chi connectivity index (χ2v) is 25.8. The van der Waals surface area contributed by atoms with Crippen LogP contribution in [0.15, 0.2) is 146 Å². The molecule has 93 heavy (non-hydrogen) atoms. The number of esters is 3. The zero-order valence-electron chi connectivity index (χ0n) is 57.4. The lowest BCUT2D eigenvalue weighted by Gasteiger charge is -2.21. The van der Waals surface area contributed by atoms with Gasteiger partial charge in [-0.15, -0.1) is 0 Å². The summed E-state index contributed by atoms with van der Waals surface area (Å²) in [6, 6.07) is 0. The number of aliphatic hydroxyl groups excluding tert-OH is 2. The Labute approximate surface area is 562 Å². The Hall–Kier alpha value is -4.57. The quantitative estimate of drug-likeness (QED) is 0.0146. The Balaban J connectivity index is 4.70. The number of unbranched alkanes of at least 4 members (excludes halogenated alkanes) is 18. The first kappa shape index (κ1) is 88.4. The van der Waals surface area contributed by atoms with Crippen molar-refractivity contribution in [2.45, 2.75) is 270 Å². The minimum absolute atomic E-state index is 0.0769. The van der Waals surface area contributed by atoms with E-state index >= 15 is 0 Å². The van der Waals surface area contributed by atoms with E-state index in [0.717, 1.165) is 173 Å². The van der Waals surface area contributed by atoms with Crippen LogP contribution in [0.1, 0.15) is 252 Å². The molecule has 4 N–H and O–H groups in total. The Kier molecular flexibility index (Phi) is 64.1. The van der Waals surface area contributed by atoms with Gasteiger partial charge in [0.15, 0.2) is 6.10 Å². The average molecular weight is 1340 g/mol. The lowest BCUT2D eigenvalue weighted by Crippen LogP contribution is -2.30. The molecule has 0 spiro atoms. The molecule has 0 aliphatic carbocycles. The van der Waals surface area contributed by atoms with E-state index in [-0.39, 0.29) is 19.3 Å². The minimum Gasteiger partial charge on any atom is -0.463 e. The van der Waals surface area contributed by atoms with Gasteiger partial charge in [0.05, 0.1) is 26.4 Å². The summed E-state index contributed by atoms with van der Waals surface area (Å²) in [4.78, 5) is 58.4. The molecule has 0 aromatic heterocycles. The molecule has 0 aromatic rings. The molecule has 0 bridgehead atoms. The highest BCUT2D eigenvalue weighted by atomic mass is 31.2. The van der Waals surface area contributed by atoms with E-state index in [2.05, 4.69) is 167 Å². The topological polar surface area (TPSA) is 231 Å². The van der Waals surface area contributed by atoms with Crippen LogP contribution in [-0.2, 0) is 55.8 Å². The van der Waals surface area contributed by atoms with Gasteiger partial charge in [-0.1, -0.05) is 237 Å². The Morgan fingerprint density at radius 3 is 0.903 bits per heavy atom. The molecule has 0 aromatic carbocycles. The summed E-state index contributed by atoms with van der Waals surface area (Å²) in [5.41, 5.74) is 0. The van der Waals surface area contributed by atoms with Crippen molar-refractivity contribution in [1.29, 1.82) is 0 Å². The van der Waals surface area contributed by atoms with Crippen molar-refractivity contribution in [1.82, 2.24) is 0 Å². The fraction of sp³-hybridized carbons (Fsp3) is 0.640. The molecule has 5 unspecified atom stereocenters. The molecule has 0 aliphatic rings. The summed E-state index contributed by atoms with van der Waals surface area (Å²) in [6.07, 6.45) is 80.3. The number of allylic oxidation sites excluding steroid dienone is 24. The molecule has 0 saturated carbocycles. The number of hydrogen-bond donors (Lipinski definition) is 4. The van der Waals surface area contributed by atoms with Gasteiger partial charge in [0.25, 0.3) is 0 Å². The van der Waals surface area contributed by atoms with Gasteiger partial charge in [0.2, 0.25) is 0 Å². The van der Waals surface area contributed by atoms with Gasteiger partial charge >= 0.3 is 33.6 Å². The average Bonchev–Trinajstić information content (AvgIpc) is 3.74. The molecule has 0 heterocycles. The number of phosphoric acid groups is 2. The summed E-state index contributed by atoms with van der Waals surface area (Å²) in [5.74, 6) is -1.64. The number of carbonyl (C=O) groups is 3. The van der Waals surface area contributed by atoms with Crippen molar-refractivity contribution in [3.05, 3.63) is 146 Å². The number of carbonyl (C=O) groups excluding carboxylic acids is 3.